The number of aryl methyl sites for hydroxylation is 1. The highest BCUT2D eigenvalue weighted by Gasteiger charge is 2.37. The molecule has 1 aliphatic heterocycles. The Balaban J connectivity index is 2.09. The molecular weight excluding hydrogens is 314 g/mol. The zero-order chi connectivity index (χ0) is 18.6. The maximum Gasteiger partial charge on any atom is 0.321 e. The Morgan fingerprint density at radius 1 is 1.40 bits per heavy atom. The second-order valence-corrected chi connectivity index (χ2v) is 8.08. The fourth-order valence-corrected chi connectivity index (χ4v) is 3.90. The molecule has 0 aliphatic carbocycles. The molecule has 5 nitrogen and oxygen atoms in total. The number of benzene rings is 1. The van der Waals surface area contributed by atoms with Gasteiger partial charge in [0.05, 0.1) is 6.61 Å². The van der Waals surface area contributed by atoms with Crippen LogP contribution in [0.4, 0.5) is 10.5 Å². The molecule has 25 heavy (non-hydrogen) atoms. The van der Waals surface area contributed by atoms with E-state index in [4.69, 9.17) is 0 Å². The van der Waals surface area contributed by atoms with Crippen LogP contribution in [0.5, 0.6) is 0 Å². The monoisotopic (exact) mass is 347 g/mol. The van der Waals surface area contributed by atoms with Gasteiger partial charge in [-0.2, -0.15) is 0 Å². The zero-order valence-corrected chi connectivity index (χ0v) is 16.3. The third kappa shape index (κ3) is 4.95. The van der Waals surface area contributed by atoms with E-state index in [0.717, 1.165) is 31.6 Å². The van der Waals surface area contributed by atoms with Crippen LogP contribution in [0.3, 0.4) is 0 Å². The van der Waals surface area contributed by atoms with Crippen molar-refractivity contribution in [3.63, 3.8) is 0 Å². The van der Waals surface area contributed by atoms with Crippen LogP contribution >= 0.6 is 0 Å². The van der Waals surface area contributed by atoms with E-state index in [1.807, 2.05) is 25.1 Å². The minimum atomic E-state index is -0.227. The quantitative estimate of drug-likeness (QED) is 0.859. The zero-order valence-electron chi connectivity index (χ0n) is 16.3. The van der Waals surface area contributed by atoms with Gasteiger partial charge in [0, 0.05) is 30.7 Å². The largest absolute Gasteiger partial charge is 0.396 e. The minimum Gasteiger partial charge on any atom is -0.396 e. The highest BCUT2D eigenvalue weighted by molar-refractivity contribution is 5.89. The number of rotatable bonds is 5. The van der Waals surface area contributed by atoms with Crippen LogP contribution in [0.15, 0.2) is 18.2 Å². The van der Waals surface area contributed by atoms with Crippen LogP contribution in [0, 0.1) is 12.3 Å². The van der Waals surface area contributed by atoms with Crippen LogP contribution in [0.2, 0.25) is 0 Å². The first-order chi connectivity index (χ1) is 11.8. The van der Waals surface area contributed by atoms with Crippen molar-refractivity contribution < 1.29 is 9.90 Å². The van der Waals surface area contributed by atoms with Crippen molar-refractivity contribution >= 4 is 11.7 Å². The van der Waals surface area contributed by atoms with Crippen molar-refractivity contribution in [2.45, 2.75) is 39.5 Å². The molecule has 1 atom stereocenters. The third-order valence-corrected chi connectivity index (χ3v) is 5.09. The van der Waals surface area contributed by atoms with Crippen molar-refractivity contribution in [1.82, 2.24) is 9.80 Å². The van der Waals surface area contributed by atoms with Crippen LogP contribution < -0.4 is 5.32 Å². The molecule has 1 aromatic rings. The standard InChI is InChI=1S/C20H33N3O2/c1-15(2)18-11-17(8-7-16(18)3)21-19(25)23-10-6-9-20(13-23,14-24)12-22(4)5/h7-8,11,15,24H,6,9-10,12-14H2,1-5H3,(H,21,25)/t20-/m0/s1. The van der Waals surface area contributed by atoms with E-state index in [2.05, 4.69) is 43.1 Å². The van der Waals surface area contributed by atoms with Gasteiger partial charge in [0.15, 0.2) is 0 Å². The summed E-state index contributed by atoms with van der Waals surface area (Å²) in [7, 11) is 4.02. The number of nitrogens with zero attached hydrogens (tertiary/aromatic N) is 2. The highest BCUT2D eigenvalue weighted by Crippen LogP contribution is 2.31. The lowest BCUT2D eigenvalue weighted by molar-refractivity contribution is 0.0294. The van der Waals surface area contributed by atoms with Crippen LogP contribution in [0.25, 0.3) is 0 Å². The maximum atomic E-state index is 12.7. The van der Waals surface area contributed by atoms with Gasteiger partial charge >= 0.3 is 6.03 Å². The Morgan fingerprint density at radius 2 is 2.12 bits per heavy atom. The molecule has 140 valence electrons. The molecule has 1 heterocycles. The predicted octanol–water partition coefficient (Wildman–Crippen LogP) is 3.29. The van der Waals surface area contributed by atoms with E-state index in [9.17, 15) is 9.90 Å². The predicted molar refractivity (Wildman–Crippen MR) is 103 cm³/mol. The first kappa shape index (κ1) is 19.7. The average molecular weight is 348 g/mol. The molecule has 2 rings (SSSR count). The third-order valence-electron chi connectivity index (χ3n) is 5.09. The SMILES string of the molecule is Cc1ccc(NC(=O)N2CCC[C@](CO)(CN(C)C)C2)cc1C(C)C. The fraction of sp³-hybridized carbons (Fsp3) is 0.650. The van der Waals surface area contributed by atoms with Gasteiger partial charge in [-0.05, 0) is 63.0 Å². The number of hydrogen-bond donors (Lipinski definition) is 2. The van der Waals surface area contributed by atoms with E-state index in [0.29, 0.717) is 12.5 Å². The smallest absolute Gasteiger partial charge is 0.321 e. The van der Waals surface area contributed by atoms with E-state index >= 15 is 0 Å². The summed E-state index contributed by atoms with van der Waals surface area (Å²) in [5, 5.41) is 13.0. The molecule has 5 heteroatoms. The van der Waals surface area contributed by atoms with Gasteiger partial charge in [-0.1, -0.05) is 19.9 Å². The average Bonchev–Trinajstić information content (AvgIpc) is 2.56. The number of aliphatic hydroxyl groups excluding tert-OH is 1. The number of carbonyl (C=O) groups is 1. The van der Waals surface area contributed by atoms with E-state index in [-0.39, 0.29) is 18.1 Å². The lowest BCUT2D eigenvalue weighted by atomic mass is 9.80. The Labute approximate surface area is 152 Å². The maximum absolute atomic E-state index is 12.7. The van der Waals surface area contributed by atoms with Crippen molar-refractivity contribution in [3.8, 4) is 0 Å². The number of nitrogens with one attached hydrogen (secondary N) is 1. The number of anilines is 1. The number of urea groups is 1. The van der Waals surface area contributed by atoms with Crippen LogP contribution in [0.1, 0.15) is 43.7 Å². The second-order valence-electron chi connectivity index (χ2n) is 8.08. The summed E-state index contributed by atoms with van der Waals surface area (Å²) in [6.07, 6.45) is 1.88. The van der Waals surface area contributed by atoms with Crippen molar-refractivity contribution in [2.75, 3.05) is 45.7 Å². The summed E-state index contributed by atoms with van der Waals surface area (Å²) in [5.74, 6) is 0.425. The summed E-state index contributed by atoms with van der Waals surface area (Å²) in [6, 6.07) is 6.02. The Kier molecular flexibility index (Phi) is 6.47. The van der Waals surface area contributed by atoms with Gasteiger partial charge in [0.2, 0.25) is 0 Å². The number of piperidine rings is 1. The number of hydrogen-bond acceptors (Lipinski definition) is 3. The fourth-order valence-electron chi connectivity index (χ4n) is 3.90. The number of aliphatic hydroxyl groups is 1. The first-order valence-electron chi connectivity index (χ1n) is 9.18. The lowest BCUT2D eigenvalue weighted by Gasteiger charge is -2.43. The molecule has 2 amide bonds. The number of likely N-dealkylation sites (tertiary alicyclic amines) is 1. The molecule has 0 spiro atoms. The molecule has 1 saturated heterocycles. The number of carbonyl (C=O) groups excluding carboxylic acids is 1. The van der Waals surface area contributed by atoms with Crippen molar-refractivity contribution in [3.05, 3.63) is 29.3 Å². The Bertz CT molecular complexity index is 601. The van der Waals surface area contributed by atoms with Crippen molar-refractivity contribution in [2.24, 2.45) is 5.41 Å². The molecule has 0 unspecified atom stereocenters. The summed E-state index contributed by atoms with van der Waals surface area (Å²) in [6.45, 7) is 8.65. The van der Waals surface area contributed by atoms with Gasteiger partial charge in [-0.3, -0.25) is 0 Å². The summed E-state index contributed by atoms with van der Waals surface area (Å²) in [5.41, 5.74) is 3.12. The molecule has 1 aromatic carbocycles. The molecular formula is C20H33N3O2. The van der Waals surface area contributed by atoms with Gasteiger partial charge in [0.1, 0.15) is 0 Å². The molecule has 0 saturated carbocycles. The molecule has 2 N–H and O–H groups in total. The van der Waals surface area contributed by atoms with E-state index in [1.54, 1.807) is 0 Å². The molecule has 0 aromatic heterocycles. The Morgan fingerprint density at radius 3 is 2.72 bits per heavy atom. The van der Waals surface area contributed by atoms with Crippen LogP contribution in [-0.2, 0) is 0 Å². The molecule has 1 aliphatic rings. The van der Waals surface area contributed by atoms with Crippen molar-refractivity contribution in [1.29, 1.82) is 0 Å². The first-order valence-corrected chi connectivity index (χ1v) is 9.18. The molecule has 0 bridgehead atoms. The summed E-state index contributed by atoms with van der Waals surface area (Å²) in [4.78, 5) is 16.7. The van der Waals surface area contributed by atoms with E-state index < -0.39 is 0 Å². The van der Waals surface area contributed by atoms with Gasteiger partial charge in [-0.25, -0.2) is 4.79 Å². The summed E-state index contributed by atoms with van der Waals surface area (Å²) < 4.78 is 0. The van der Waals surface area contributed by atoms with Gasteiger partial charge in [0.25, 0.3) is 0 Å². The summed E-state index contributed by atoms with van der Waals surface area (Å²) >= 11 is 0. The highest BCUT2D eigenvalue weighted by atomic mass is 16.3. The Hall–Kier alpha value is -1.59. The molecule has 1 fully saturated rings. The topological polar surface area (TPSA) is 55.8 Å². The van der Waals surface area contributed by atoms with Gasteiger partial charge < -0.3 is 20.2 Å². The van der Waals surface area contributed by atoms with Gasteiger partial charge in [-0.15, -0.1) is 0 Å². The number of amides is 2. The normalized spacial score (nSPS) is 21.0. The van der Waals surface area contributed by atoms with E-state index in [1.165, 1.54) is 11.1 Å². The lowest BCUT2D eigenvalue weighted by Crippen LogP contribution is -2.52. The minimum absolute atomic E-state index is 0.0742. The second kappa shape index (κ2) is 8.19. The molecule has 0 radical (unpaired) electrons. The van der Waals surface area contributed by atoms with Crippen LogP contribution in [-0.4, -0.2) is 61.3 Å².